The third-order valence-corrected chi connectivity index (χ3v) is 5.02. The Kier molecular flexibility index (Phi) is 5.76. The van der Waals surface area contributed by atoms with Gasteiger partial charge in [0, 0.05) is 18.0 Å². The van der Waals surface area contributed by atoms with Crippen LogP contribution in [-0.4, -0.2) is 15.6 Å². The summed E-state index contributed by atoms with van der Waals surface area (Å²) in [6.07, 6.45) is 0. The Morgan fingerprint density at radius 2 is 1.93 bits per heavy atom. The first kappa shape index (κ1) is 18.9. The van der Waals surface area contributed by atoms with Crippen molar-refractivity contribution in [3.63, 3.8) is 0 Å². The molecule has 5 nitrogen and oxygen atoms in total. The highest BCUT2D eigenvalue weighted by Crippen LogP contribution is 2.27. The summed E-state index contributed by atoms with van der Waals surface area (Å²) in [5.74, 6) is -0.516. The summed E-state index contributed by atoms with van der Waals surface area (Å²) >= 11 is 1.42. The summed E-state index contributed by atoms with van der Waals surface area (Å²) in [4.78, 5) is 26.6. The molecule has 0 atom stereocenters. The summed E-state index contributed by atoms with van der Waals surface area (Å²) in [5.41, 5.74) is 1.08. The van der Waals surface area contributed by atoms with Gasteiger partial charge in [0.25, 0.3) is 11.5 Å². The Bertz CT molecular complexity index is 977. The molecule has 0 aliphatic carbocycles. The van der Waals surface area contributed by atoms with Gasteiger partial charge in [-0.1, -0.05) is 50.2 Å². The van der Waals surface area contributed by atoms with Crippen LogP contribution in [0.4, 0.5) is 0 Å². The van der Waals surface area contributed by atoms with E-state index in [0.29, 0.717) is 18.7 Å². The summed E-state index contributed by atoms with van der Waals surface area (Å²) < 4.78 is 1.38. The van der Waals surface area contributed by atoms with Crippen molar-refractivity contribution in [2.45, 2.75) is 26.9 Å². The van der Waals surface area contributed by atoms with Crippen LogP contribution in [0, 0.1) is 5.92 Å². The van der Waals surface area contributed by atoms with Crippen molar-refractivity contribution in [1.82, 2.24) is 9.88 Å². The van der Waals surface area contributed by atoms with Crippen molar-refractivity contribution in [1.29, 1.82) is 0 Å². The third kappa shape index (κ3) is 4.28. The molecule has 140 valence electrons. The van der Waals surface area contributed by atoms with Crippen LogP contribution in [0.1, 0.15) is 29.9 Å². The first-order chi connectivity index (χ1) is 13.0. The molecule has 0 fully saturated rings. The van der Waals surface area contributed by atoms with Crippen molar-refractivity contribution in [3.8, 4) is 16.2 Å². The molecule has 0 aliphatic heterocycles. The summed E-state index contributed by atoms with van der Waals surface area (Å²) in [6, 6.07) is 14.6. The molecule has 6 heteroatoms. The third-order valence-electron chi connectivity index (χ3n) is 4.11. The van der Waals surface area contributed by atoms with E-state index in [1.165, 1.54) is 22.0 Å². The zero-order valence-electron chi connectivity index (χ0n) is 15.3. The van der Waals surface area contributed by atoms with Gasteiger partial charge in [-0.2, -0.15) is 0 Å². The van der Waals surface area contributed by atoms with Gasteiger partial charge in [-0.05, 0) is 29.0 Å². The topological polar surface area (TPSA) is 71.3 Å². The average Bonchev–Trinajstić information content (AvgIpc) is 3.17. The summed E-state index contributed by atoms with van der Waals surface area (Å²) in [7, 11) is 0. The highest BCUT2D eigenvalue weighted by Gasteiger charge is 2.22. The second-order valence-electron chi connectivity index (χ2n) is 6.75. The standard InChI is InChI=1S/C21H22N2O3S/c1-14(2)13-23-19(20(25)22-12-15-7-4-3-5-8-15)17(24)11-16(21(23)26)18-9-6-10-27-18/h3-11,14,24H,12-13H2,1-2H3,(H,22,25). The highest BCUT2D eigenvalue weighted by molar-refractivity contribution is 7.13. The summed E-state index contributed by atoms with van der Waals surface area (Å²) in [6.45, 7) is 4.60. The highest BCUT2D eigenvalue weighted by atomic mass is 32.1. The lowest BCUT2D eigenvalue weighted by Crippen LogP contribution is -2.34. The minimum atomic E-state index is -0.466. The molecule has 0 saturated carbocycles. The number of thiophene rings is 1. The van der Waals surface area contributed by atoms with Crippen molar-refractivity contribution in [3.05, 3.63) is 75.5 Å². The fourth-order valence-electron chi connectivity index (χ4n) is 2.90. The van der Waals surface area contributed by atoms with Gasteiger partial charge in [-0.15, -0.1) is 11.3 Å². The number of pyridine rings is 1. The number of hydrogen-bond acceptors (Lipinski definition) is 4. The predicted octanol–water partition coefficient (Wildman–Crippen LogP) is 3.87. The van der Waals surface area contributed by atoms with E-state index in [-0.39, 0.29) is 22.9 Å². The molecule has 2 N–H and O–H groups in total. The zero-order chi connectivity index (χ0) is 19.4. The van der Waals surface area contributed by atoms with Crippen LogP contribution < -0.4 is 10.9 Å². The second-order valence-corrected chi connectivity index (χ2v) is 7.69. The number of hydrogen-bond donors (Lipinski definition) is 2. The minimum absolute atomic E-state index is 0.00457. The van der Waals surface area contributed by atoms with Gasteiger partial charge in [-0.25, -0.2) is 0 Å². The number of amides is 1. The molecule has 0 spiro atoms. The Labute approximate surface area is 161 Å². The van der Waals surface area contributed by atoms with Crippen LogP contribution in [0.25, 0.3) is 10.4 Å². The van der Waals surface area contributed by atoms with E-state index in [1.54, 1.807) is 0 Å². The van der Waals surface area contributed by atoms with E-state index in [9.17, 15) is 14.7 Å². The van der Waals surface area contributed by atoms with Crippen molar-refractivity contribution in [2.75, 3.05) is 0 Å². The number of rotatable bonds is 6. The normalized spacial score (nSPS) is 10.9. The van der Waals surface area contributed by atoms with E-state index in [4.69, 9.17) is 0 Å². The molecule has 3 rings (SSSR count). The van der Waals surface area contributed by atoms with Gasteiger partial charge in [0.05, 0.1) is 5.56 Å². The van der Waals surface area contributed by atoms with Crippen molar-refractivity contribution < 1.29 is 9.90 Å². The Balaban J connectivity index is 1.99. The molecule has 1 aromatic carbocycles. The van der Waals surface area contributed by atoms with Gasteiger partial charge in [0.2, 0.25) is 0 Å². The molecule has 0 unspecified atom stereocenters. The van der Waals surface area contributed by atoms with Crippen molar-refractivity contribution >= 4 is 17.2 Å². The fourth-order valence-corrected chi connectivity index (χ4v) is 3.63. The van der Waals surface area contributed by atoms with E-state index >= 15 is 0 Å². The van der Waals surface area contributed by atoms with Gasteiger partial charge in [0.15, 0.2) is 5.69 Å². The molecule has 3 aromatic rings. The van der Waals surface area contributed by atoms with E-state index in [2.05, 4.69) is 5.32 Å². The molecular formula is C21H22N2O3S. The molecule has 0 saturated heterocycles. The number of benzene rings is 1. The molecule has 0 aliphatic rings. The Hall–Kier alpha value is -2.86. The van der Waals surface area contributed by atoms with Crippen LogP contribution >= 0.6 is 11.3 Å². The molecule has 0 bridgehead atoms. The minimum Gasteiger partial charge on any atom is -0.506 e. The zero-order valence-corrected chi connectivity index (χ0v) is 16.1. The number of nitrogens with zero attached hydrogens (tertiary/aromatic N) is 1. The molecule has 2 aromatic heterocycles. The smallest absolute Gasteiger partial charge is 0.272 e. The lowest BCUT2D eigenvalue weighted by atomic mass is 10.1. The number of carbonyl (C=O) groups excluding carboxylic acids is 1. The Morgan fingerprint density at radius 1 is 1.19 bits per heavy atom. The van der Waals surface area contributed by atoms with Crippen LogP contribution in [-0.2, 0) is 13.1 Å². The second kappa shape index (κ2) is 8.22. The lowest BCUT2D eigenvalue weighted by molar-refractivity contribution is 0.0936. The van der Waals surface area contributed by atoms with Crippen LogP contribution in [0.2, 0.25) is 0 Å². The SMILES string of the molecule is CC(C)Cn1c(C(=O)NCc2ccccc2)c(O)cc(-c2cccs2)c1=O. The first-order valence-electron chi connectivity index (χ1n) is 8.80. The quantitative estimate of drug-likeness (QED) is 0.680. The monoisotopic (exact) mass is 382 g/mol. The van der Waals surface area contributed by atoms with E-state index < -0.39 is 5.91 Å². The van der Waals surface area contributed by atoms with Gasteiger partial charge in [0.1, 0.15) is 5.75 Å². The van der Waals surface area contributed by atoms with Crippen molar-refractivity contribution in [2.24, 2.45) is 5.92 Å². The molecule has 27 heavy (non-hydrogen) atoms. The molecule has 1 amide bonds. The van der Waals surface area contributed by atoms with Gasteiger partial charge in [-0.3, -0.25) is 9.59 Å². The first-order valence-corrected chi connectivity index (χ1v) is 9.68. The largest absolute Gasteiger partial charge is 0.506 e. The van der Waals surface area contributed by atoms with Gasteiger partial charge >= 0.3 is 0 Å². The maximum Gasteiger partial charge on any atom is 0.272 e. The average molecular weight is 382 g/mol. The molecule has 2 heterocycles. The van der Waals surface area contributed by atoms with E-state index in [1.807, 2.05) is 61.7 Å². The molecular weight excluding hydrogens is 360 g/mol. The number of aromatic hydroxyl groups is 1. The summed E-state index contributed by atoms with van der Waals surface area (Å²) in [5, 5.41) is 15.2. The van der Waals surface area contributed by atoms with Crippen LogP contribution in [0.5, 0.6) is 5.75 Å². The maximum absolute atomic E-state index is 13.0. The number of aromatic nitrogens is 1. The van der Waals surface area contributed by atoms with Crippen LogP contribution in [0.15, 0.2) is 58.7 Å². The van der Waals surface area contributed by atoms with Gasteiger partial charge < -0.3 is 15.0 Å². The van der Waals surface area contributed by atoms with Crippen LogP contribution in [0.3, 0.4) is 0 Å². The fraction of sp³-hybridized carbons (Fsp3) is 0.238. The number of nitrogens with one attached hydrogen (secondary N) is 1. The lowest BCUT2D eigenvalue weighted by Gasteiger charge is -2.17. The Morgan fingerprint density at radius 3 is 2.56 bits per heavy atom. The predicted molar refractivity (Wildman–Crippen MR) is 108 cm³/mol. The maximum atomic E-state index is 13.0. The van der Waals surface area contributed by atoms with E-state index in [0.717, 1.165) is 10.4 Å². The molecule has 0 radical (unpaired) electrons. The number of carbonyl (C=O) groups is 1.